The second kappa shape index (κ2) is 5.70. The number of hydrogen-bond acceptors (Lipinski definition) is 3. The van der Waals surface area contributed by atoms with Gasteiger partial charge in [-0.2, -0.15) is 5.10 Å². The summed E-state index contributed by atoms with van der Waals surface area (Å²) in [6.07, 6.45) is 4.82. The van der Waals surface area contributed by atoms with Crippen molar-refractivity contribution in [3.8, 4) is 0 Å². The monoisotopic (exact) mass is 238 g/mol. The predicted molar refractivity (Wildman–Crippen MR) is 68.3 cm³/mol. The minimum absolute atomic E-state index is 0.0973. The summed E-state index contributed by atoms with van der Waals surface area (Å²) >= 11 is 0. The third kappa shape index (κ3) is 5.94. The van der Waals surface area contributed by atoms with Gasteiger partial charge < -0.3 is 11.1 Å². The fourth-order valence-corrected chi connectivity index (χ4v) is 1.39. The van der Waals surface area contributed by atoms with Gasteiger partial charge in [0.15, 0.2) is 0 Å². The van der Waals surface area contributed by atoms with Crippen LogP contribution in [0.5, 0.6) is 0 Å². The fourth-order valence-electron chi connectivity index (χ4n) is 1.39. The van der Waals surface area contributed by atoms with Gasteiger partial charge in [0.2, 0.25) is 5.91 Å². The molecule has 0 aliphatic heterocycles. The molecule has 0 saturated carbocycles. The van der Waals surface area contributed by atoms with Crippen LogP contribution in [-0.2, 0) is 11.3 Å². The van der Waals surface area contributed by atoms with Crippen molar-refractivity contribution in [3.63, 3.8) is 0 Å². The number of amides is 1. The average molecular weight is 238 g/mol. The smallest absolute Gasteiger partial charge is 0.220 e. The van der Waals surface area contributed by atoms with E-state index in [1.807, 2.05) is 0 Å². The first-order valence-corrected chi connectivity index (χ1v) is 5.91. The van der Waals surface area contributed by atoms with E-state index in [1.54, 1.807) is 17.1 Å². The molecule has 1 aromatic heterocycles. The second-order valence-electron chi connectivity index (χ2n) is 5.45. The molecule has 0 fully saturated rings. The molecule has 0 bridgehead atoms. The highest BCUT2D eigenvalue weighted by Gasteiger charge is 2.12. The van der Waals surface area contributed by atoms with Crippen LogP contribution in [0.1, 0.15) is 33.6 Å². The van der Waals surface area contributed by atoms with Gasteiger partial charge in [0.25, 0.3) is 0 Å². The predicted octanol–water partition coefficient (Wildman–Crippen LogP) is 1.41. The standard InChI is InChI=1S/C12H22N4O/c1-12(2,3)5-4-11(17)14-6-7-16-9-10(13)8-15-16/h8-9H,4-7,13H2,1-3H3,(H,14,17). The zero-order valence-corrected chi connectivity index (χ0v) is 10.9. The van der Waals surface area contributed by atoms with Crippen molar-refractivity contribution in [2.24, 2.45) is 5.41 Å². The van der Waals surface area contributed by atoms with Crippen LogP contribution in [0.25, 0.3) is 0 Å². The highest BCUT2D eigenvalue weighted by atomic mass is 16.1. The van der Waals surface area contributed by atoms with Gasteiger partial charge in [-0.25, -0.2) is 0 Å². The molecule has 0 aliphatic rings. The molecule has 0 aliphatic carbocycles. The van der Waals surface area contributed by atoms with Crippen LogP contribution in [0.2, 0.25) is 0 Å². The lowest BCUT2D eigenvalue weighted by Gasteiger charge is -2.17. The SMILES string of the molecule is CC(C)(C)CCC(=O)NCCn1cc(N)cn1. The number of carbonyl (C=O) groups excluding carboxylic acids is 1. The van der Waals surface area contributed by atoms with Crippen LogP contribution in [0.15, 0.2) is 12.4 Å². The zero-order chi connectivity index (χ0) is 12.9. The molecule has 0 spiro atoms. The highest BCUT2D eigenvalue weighted by molar-refractivity contribution is 5.75. The van der Waals surface area contributed by atoms with E-state index in [0.717, 1.165) is 6.42 Å². The Bertz CT molecular complexity index is 365. The summed E-state index contributed by atoms with van der Waals surface area (Å²) in [4.78, 5) is 11.5. The van der Waals surface area contributed by atoms with E-state index in [4.69, 9.17) is 5.73 Å². The number of nitrogens with zero attached hydrogens (tertiary/aromatic N) is 2. The Morgan fingerprint density at radius 3 is 2.76 bits per heavy atom. The van der Waals surface area contributed by atoms with E-state index in [-0.39, 0.29) is 11.3 Å². The lowest BCUT2D eigenvalue weighted by Crippen LogP contribution is -2.28. The summed E-state index contributed by atoms with van der Waals surface area (Å²) < 4.78 is 1.72. The molecule has 0 atom stereocenters. The first-order chi connectivity index (χ1) is 7.87. The van der Waals surface area contributed by atoms with Crippen LogP contribution in [0.3, 0.4) is 0 Å². The Morgan fingerprint density at radius 2 is 2.24 bits per heavy atom. The Morgan fingerprint density at radius 1 is 1.53 bits per heavy atom. The lowest BCUT2D eigenvalue weighted by molar-refractivity contribution is -0.121. The fraction of sp³-hybridized carbons (Fsp3) is 0.667. The van der Waals surface area contributed by atoms with Gasteiger partial charge in [-0.3, -0.25) is 9.48 Å². The zero-order valence-electron chi connectivity index (χ0n) is 10.9. The van der Waals surface area contributed by atoms with Crippen molar-refractivity contribution in [1.82, 2.24) is 15.1 Å². The molecule has 0 aromatic carbocycles. The van der Waals surface area contributed by atoms with Crippen LogP contribution in [0, 0.1) is 5.41 Å². The van der Waals surface area contributed by atoms with E-state index in [1.165, 1.54) is 0 Å². The number of nitrogens with one attached hydrogen (secondary N) is 1. The van der Waals surface area contributed by atoms with E-state index in [2.05, 4.69) is 31.2 Å². The molecule has 17 heavy (non-hydrogen) atoms. The molecular formula is C12H22N4O. The van der Waals surface area contributed by atoms with Crippen molar-refractivity contribution in [1.29, 1.82) is 0 Å². The van der Waals surface area contributed by atoms with E-state index in [9.17, 15) is 4.79 Å². The summed E-state index contributed by atoms with van der Waals surface area (Å²) in [5.74, 6) is 0.0973. The van der Waals surface area contributed by atoms with Crippen LogP contribution in [-0.4, -0.2) is 22.2 Å². The van der Waals surface area contributed by atoms with Gasteiger partial charge >= 0.3 is 0 Å². The summed E-state index contributed by atoms with van der Waals surface area (Å²) in [6, 6.07) is 0. The number of nitrogens with two attached hydrogens (primary N) is 1. The summed E-state index contributed by atoms with van der Waals surface area (Å²) in [5.41, 5.74) is 6.38. The first-order valence-electron chi connectivity index (χ1n) is 5.91. The van der Waals surface area contributed by atoms with E-state index in [0.29, 0.717) is 25.2 Å². The van der Waals surface area contributed by atoms with Crippen molar-refractivity contribution in [2.45, 2.75) is 40.2 Å². The largest absolute Gasteiger partial charge is 0.396 e. The molecular weight excluding hydrogens is 216 g/mol. The van der Waals surface area contributed by atoms with E-state index < -0.39 is 0 Å². The van der Waals surface area contributed by atoms with Gasteiger partial charge in [0.05, 0.1) is 18.4 Å². The Hall–Kier alpha value is -1.52. The van der Waals surface area contributed by atoms with Crippen LogP contribution < -0.4 is 11.1 Å². The molecule has 1 heterocycles. The molecule has 5 nitrogen and oxygen atoms in total. The van der Waals surface area contributed by atoms with Gasteiger partial charge in [0, 0.05) is 19.2 Å². The molecule has 1 amide bonds. The quantitative estimate of drug-likeness (QED) is 0.814. The molecule has 0 saturated heterocycles. The summed E-state index contributed by atoms with van der Waals surface area (Å²) in [6.45, 7) is 7.63. The normalized spacial score (nSPS) is 11.5. The van der Waals surface area contributed by atoms with Crippen molar-refractivity contribution in [3.05, 3.63) is 12.4 Å². The maximum atomic E-state index is 11.5. The Labute approximate surface area is 102 Å². The van der Waals surface area contributed by atoms with Gasteiger partial charge in [-0.05, 0) is 11.8 Å². The van der Waals surface area contributed by atoms with Gasteiger partial charge in [-0.1, -0.05) is 20.8 Å². The van der Waals surface area contributed by atoms with Crippen molar-refractivity contribution < 1.29 is 4.79 Å². The third-order valence-corrected chi connectivity index (χ3v) is 2.42. The second-order valence-corrected chi connectivity index (χ2v) is 5.45. The van der Waals surface area contributed by atoms with Crippen LogP contribution >= 0.6 is 0 Å². The van der Waals surface area contributed by atoms with Crippen molar-refractivity contribution in [2.75, 3.05) is 12.3 Å². The first kappa shape index (κ1) is 13.5. The van der Waals surface area contributed by atoms with Gasteiger partial charge in [0.1, 0.15) is 0 Å². The maximum absolute atomic E-state index is 11.5. The number of anilines is 1. The number of nitrogen functional groups attached to an aromatic ring is 1. The molecule has 1 rings (SSSR count). The topological polar surface area (TPSA) is 72.9 Å². The Balaban J connectivity index is 2.16. The molecule has 96 valence electrons. The third-order valence-electron chi connectivity index (χ3n) is 2.42. The molecule has 0 radical (unpaired) electrons. The average Bonchev–Trinajstić information content (AvgIpc) is 2.60. The molecule has 5 heteroatoms. The Kier molecular flexibility index (Phi) is 4.54. The summed E-state index contributed by atoms with van der Waals surface area (Å²) in [5, 5.41) is 6.91. The van der Waals surface area contributed by atoms with E-state index >= 15 is 0 Å². The molecule has 0 unspecified atom stereocenters. The number of carbonyl (C=O) groups is 1. The number of hydrogen-bond donors (Lipinski definition) is 2. The highest BCUT2D eigenvalue weighted by Crippen LogP contribution is 2.20. The minimum atomic E-state index is 0.0973. The number of aromatic nitrogens is 2. The minimum Gasteiger partial charge on any atom is -0.396 e. The molecule has 3 N–H and O–H groups in total. The van der Waals surface area contributed by atoms with Gasteiger partial charge in [-0.15, -0.1) is 0 Å². The number of rotatable bonds is 5. The molecule has 1 aromatic rings. The maximum Gasteiger partial charge on any atom is 0.220 e. The van der Waals surface area contributed by atoms with Crippen molar-refractivity contribution >= 4 is 11.6 Å². The lowest BCUT2D eigenvalue weighted by atomic mass is 9.90. The summed E-state index contributed by atoms with van der Waals surface area (Å²) in [7, 11) is 0. The van der Waals surface area contributed by atoms with Crippen LogP contribution in [0.4, 0.5) is 5.69 Å².